The maximum Gasteiger partial charge on any atom is 0.136 e. The average Bonchev–Trinajstić information content (AvgIpc) is 2.38. The average molecular weight is 280 g/mol. The standard InChI is InChI=1S/C15H14F2OS/c16-12-5-3-4-11(8-12)9-13(18)10-19-15-7-2-1-6-14(15)17/h1-8,13,18H,9-10H2. The molecule has 0 fully saturated rings. The summed E-state index contributed by atoms with van der Waals surface area (Å²) in [6.45, 7) is 0. The topological polar surface area (TPSA) is 20.2 Å². The fraction of sp³-hybridized carbons (Fsp3) is 0.200. The van der Waals surface area contributed by atoms with E-state index in [9.17, 15) is 13.9 Å². The number of aliphatic hydroxyl groups excluding tert-OH is 1. The number of hydrogen-bond acceptors (Lipinski definition) is 2. The van der Waals surface area contributed by atoms with Crippen molar-refractivity contribution in [2.75, 3.05) is 5.75 Å². The van der Waals surface area contributed by atoms with Gasteiger partial charge in [-0.1, -0.05) is 24.3 Å². The first kappa shape index (κ1) is 14.0. The van der Waals surface area contributed by atoms with Crippen LogP contribution in [-0.2, 0) is 6.42 Å². The predicted molar refractivity (Wildman–Crippen MR) is 73.2 cm³/mol. The number of halogens is 2. The molecule has 19 heavy (non-hydrogen) atoms. The second kappa shape index (κ2) is 6.68. The van der Waals surface area contributed by atoms with Gasteiger partial charge in [-0.2, -0.15) is 0 Å². The smallest absolute Gasteiger partial charge is 0.136 e. The molecule has 1 nitrogen and oxygen atoms in total. The van der Waals surface area contributed by atoms with Crippen LogP contribution in [0.25, 0.3) is 0 Å². The lowest BCUT2D eigenvalue weighted by molar-refractivity contribution is 0.200. The van der Waals surface area contributed by atoms with Crippen molar-refractivity contribution in [2.45, 2.75) is 17.4 Å². The molecule has 2 rings (SSSR count). The van der Waals surface area contributed by atoms with Crippen LogP contribution in [-0.4, -0.2) is 17.0 Å². The van der Waals surface area contributed by atoms with Crippen molar-refractivity contribution in [1.29, 1.82) is 0 Å². The van der Waals surface area contributed by atoms with Crippen LogP contribution in [0.2, 0.25) is 0 Å². The third kappa shape index (κ3) is 4.33. The Balaban J connectivity index is 1.88. The van der Waals surface area contributed by atoms with E-state index in [-0.39, 0.29) is 11.6 Å². The zero-order chi connectivity index (χ0) is 13.7. The van der Waals surface area contributed by atoms with E-state index in [2.05, 4.69) is 0 Å². The van der Waals surface area contributed by atoms with Gasteiger partial charge in [0, 0.05) is 10.6 Å². The normalized spacial score (nSPS) is 12.4. The molecule has 0 saturated heterocycles. The first-order valence-electron chi connectivity index (χ1n) is 5.95. The molecule has 1 unspecified atom stereocenters. The molecule has 0 spiro atoms. The molecule has 0 heterocycles. The van der Waals surface area contributed by atoms with Crippen molar-refractivity contribution in [3.05, 3.63) is 65.7 Å². The molecule has 0 aliphatic rings. The number of aliphatic hydroxyl groups is 1. The summed E-state index contributed by atoms with van der Waals surface area (Å²) in [5.41, 5.74) is 0.738. The first-order valence-corrected chi connectivity index (χ1v) is 6.93. The predicted octanol–water partition coefficient (Wildman–Crippen LogP) is 3.66. The molecule has 0 aromatic heterocycles. The van der Waals surface area contributed by atoms with Gasteiger partial charge in [0.2, 0.25) is 0 Å². The molecule has 0 aliphatic carbocycles. The van der Waals surface area contributed by atoms with Crippen LogP contribution >= 0.6 is 11.8 Å². The summed E-state index contributed by atoms with van der Waals surface area (Å²) < 4.78 is 26.4. The highest BCUT2D eigenvalue weighted by Gasteiger charge is 2.09. The van der Waals surface area contributed by atoms with Gasteiger partial charge in [0.25, 0.3) is 0 Å². The molecule has 1 N–H and O–H groups in total. The van der Waals surface area contributed by atoms with E-state index < -0.39 is 6.10 Å². The van der Waals surface area contributed by atoms with Gasteiger partial charge in [0.05, 0.1) is 6.10 Å². The Morgan fingerprint density at radius 3 is 2.58 bits per heavy atom. The van der Waals surface area contributed by atoms with Crippen molar-refractivity contribution in [2.24, 2.45) is 0 Å². The van der Waals surface area contributed by atoms with Gasteiger partial charge in [-0.15, -0.1) is 11.8 Å². The van der Waals surface area contributed by atoms with E-state index in [1.54, 1.807) is 30.3 Å². The molecule has 0 radical (unpaired) electrons. The number of benzene rings is 2. The van der Waals surface area contributed by atoms with E-state index in [1.165, 1.54) is 30.0 Å². The number of thioether (sulfide) groups is 1. The SMILES string of the molecule is OC(CSc1ccccc1F)Cc1cccc(F)c1. The number of hydrogen-bond donors (Lipinski definition) is 1. The number of rotatable bonds is 5. The third-order valence-corrected chi connectivity index (χ3v) is 3.82. The lowest BCUT2D eigenvalue weighted by Gasteiger charge is -2.10. The molecule has 4 heteroatoms. The lowest BCUT2D eigenvalue weighted by Crippen LogP contribution is -2.13. The Morgan fingerprint density at radius 1 is 1.05 bits per heavy atom. The maximum atomic E-state index is 13.4. The zero-order valence-electron chi connectivity index (χ0n) is 10.2. The van der Waals surface area contributed by atoms with Crippen molar-refractivity contribution < 1.29 is 13.9 Å². The monoisotopic (exact) mass is 280 g/mol. The molecule has 0 aliphatic heterocycles. The van der Waals surface area contributed by atoms with Gasteiger partial charge in [-0.25, -0.2) is 8.78 Å². The minimum atomic E-state index is -0.633. The van der Waals surface area contributed by atoms with Crippen molar-refractivity contribution in [3.63, 3.8) is 0 Å². The Kier molecular flexibility index (Phi) is 4.93. The summed E-state index contributed by atoms with van der Waals surface area (Å²) in [4.78, 5) is 0.515. The summed E-state index contributed by atoms with van der Waals surface area (Å²) in [5, 5.41) is 9.88. The summed E-state index contributed by atoms with van der Waals surface area (Å²) in [6, 6.07) is 12.6. The van der Waals surface area contributed by atoms with Crippen LogP contribution in [0.1, 0.15) is 5.56 Å². The third-order valence-electron chi connectivity index (χ3n) is 2.63. The lowest BCUT2D eigenvalue weighted by atomic mass is 10.1. The zero-order valence-corrected chi connectivity index (χ0v) is 11.0. The summed E-state index contributed by atoms with van der Waals surface area (Å²) in [5.74, 6) is -0.228. The van der Waals surface area contributed by atoms with Gasteiger partial charge < -0.3 is 5.11 Å². The van der Waals surface area contributed by atoms with Crippen molar-refractivity contribution >= 4 is 11.8 Å². The molecule has 1 atom stereocenters. The fourth-order valence-electron chi connectivity index (χ4n) is 1.74. The molecule has 0 bridgehead atoms. The van der Waals surface area contributed by atoms with Crippen LogP contribution in [0.15, 0.2) is 53.4 Å². The van der Waals surface area contributed by atoms with Crippen LogP contribution in [0.5, 0.6) is 0 Å². The van der Waals surface area contributed by atoms with Gasteiger partial charge in [0.15, 0.2) is 0 Å². The van der Waals surface area contributed by atoms with Gasteiger partial charge in [-0.3, -0.25) is 0 Å². The van der Waals surface area contributed by atoms with E-state index in [4.69, 9.17) is 0 Å². The van der Waals surface area contributed by atoms with Crippen LogP contribution in [0.3, 0.4) is 0 Å². The minimum absolute atomic E-state index is 0.287. The van der Waals surface area contributed by atoms with E-state index in [1.807, 2.05) is 0 Å². The van der Waals surface area contributed by atoms with Gasteiger partial charge in [-0.05, 0) is 36.2 Å². The fourth-order valence-corrected chi connectivity index (χ4v) is 2.61. The Labute approximate surface area is 115 Å². The summed E-state index contributed by atoms with van der Waals surface area (Å²) in [7, 11) is 0. The summed E-state index contributed by atoms with van der Waals surface area (Å²) in [6.07, 6.45) is -0.273. The molecule has 0 saturated carbocycles. The van der Waals surface area contributed by atoms with E-state index >= 15 is 0 Å². The minimum Gasteiger partial charge on any atom is -0.392 e. The van der Waals surface area contributed by atoms with E-state index in [0.717, 1.165) is 5.56 Å². The Hall–Kier alpha value is -1.39. The second-order valence-corrected chi connectivity index (χ2v) is 5.29. The molecular formula is C15H14F2OS. The van der Waals surface area contributed by atoms with Crippen molar-refractivity contribution in [1.82, 2.24) is 0 Å². The molecule has 0 amide bonds. The second-order valence-electron chi connectivity index (χ2n) is 4.23. The highest BCUT2D eigenvalue weighted by molar-refractivity contribution is 7.99. The van der Waals surface area contributed by atoms with E-state index in [0.29, 0.717) is 17.1 Å². The quantitative estimate of drug-likeness (QED) is 0.843. The van der Waals surface area contributed by atoms with Crippen LogP contribution in [0.4, 0.5) is 8.78 Å². The first-order chi connectivity index (χ1) is 9.15. The molecule has 100 valence electrons. The summed E-state index contributed by atoms with van der Waals surface area (Å²) >= 11 is 1.26. The Morgan fingerprint density at radius 2 is 1.84 bits per heavy atom. The van der Waals surface area contributed by atoms with Crippen LogP contribution < -0.4 is 0 Å². The Bertz CT molecular complexity index is 545. The largest absolute Gasteiger partial charge is 0.392 e. The van der Waals surface area contributed by atoms with Crippen LogP contribution in [0, 0.1) is 11.6 Å². The highest BCUT2D eigenvalue weighted by atomic mass is 32.2. The van der Waals surface area contributed by atoms with Crippen molar-refractivity contribution in [3.8, 4) is 0 Å². The highest BCUT2D eigenvalue weighted by Crippen LogP contribution is 2.22. The maximum absolute atomic E-state index is 13.4. The molecular weight excluding hydrogens is 266 g/mol. The molecule has 2 aromatic rings. The van der Waals surface area contributed by atoms with Gasteiger partial charge in [0.1, 0.15) is 11.6 Å². The molecule has 2 aromatic carbocycles. The van der Waals surface area contributed by atoms with Gasteiger partial charge >= 0.3 is 0 Å².